The smallest absolute Gasteiger partial charge is 0.326 e. The van der Waals surface area contributed by atoms with Gasteiger partial charge in [0.1, 0.15) is 48.3 Å². The Balaban J connectivity index is 2.93. The maximum absolute atomic E-state index is 13.5. The second kappa shape index (κ2) is 32.9. The van der Waals surface area contributed by atoms with Crippen molar-refractivity contribution in [1.82, 2.24) is 57.8 Å². The van der Waals surface area contributed by atoms with Crippen molar-refractivity contribution in [3.8, 4) is 0 Å². The summed E-state index contributed by atoms with van der Waals surface area (Å²) in [6, 6.07) is -11.6. The highest BCUT2D eigenvalue weighted by molar-refractivity contribution is 7.98. The Morgan fingerprint density at radius 3 is 1.66 bits per heavy atom. The van der Waals surface area contributed by atoms with Crippen LogP contribution in [-0.4, -0.2) is 177 Å². The number of aromatic amines is 1. The van der Waals surface area contributed by atoms with Crippen molar-refractivity contribution in [2.75, 3.05) is 31.7 Å². The van der Waals surface area contributed by atoms with E-state index < -0.39 is 133 Å². The van der Waals surface area contributed by atoms with Crippen LogP contribution in [0.15, 0.2) is 12.5 Å². The van der Waals surface area contributed by atoms with Crippen molar-refractivity contribution in [1.29, 1.82) is 0 Å². The number of carbonyl (C=O) groups is 10. The lowest BCUT2D eigenvalue weighted by Crippen LogP contribution is -2.60. The van der Waals surface area contributed by atoms with Crippen LogP contribution in [0.2, 0.25) is 0 Å². The maximum Gasteiger partial charge on any atom is 0.326 e. The molecule has 0 fully saturated rings. The molecule has 26 nitrogen and oxygen atoms in total. The van der Waals surface area contributed by atoms with Gasteiger partial charge in [-0.15, -0.1) is 0 Å². The van der Waals surface area contributed by atoms with E-state index in [1.54, 1.807) is 20.1 Å². The monoisotopic (exact) mass is 1030 g/mol. The quantitative estimate of drug-likeness (QED) is 0.0291. The first-order chi connectivity index (χ1) is 33.3. The lowest BCUT2D eigenvalue weighted by atomic mass is 10.0. The fraction of sp³-hybridized carbons (Fsp3) is 0.705. The van der Waals surface area contributed by atoms with Gasteiger partial charge in [-0.2, -0.15) is 11.8 Å². The van der Waals surface area contributed by atoms with Gasteiger partial charge in [0.05, 0.1) is 31.6 Å². The zero-order valence-corrected chi connectivity index (χ0v) is 42.6. The molecular weight excluding hydrogens is 951 g/mol. The standard InChI is InChI=1S/C44H77N13O13S/c1-22(2)15-31(42(67)55-32(44(69)70)16-23(3)4)54-36(61)24(5)51-41(66)30(12-14-71-8)52-34(60)19-48-39(64)33(20-58)56-37(62)25(6)50-40(65)29(11-9-10-13-45)53-43(68)35(26(7)59)57-38(63)28(46)17-27-18-47-21-49-27/h18,21-26,28-33,35,58-59H,9-17,19-20,45-46H2,1-8H3,(H,47,49)(H,48,64)(H,50,65)(H,51,66)(H,52,60)(H,53,68)(H,54,61)(H,55,67)(H,56,62)(H,57,63)(H,69,70)/t24-,25-,26+,28-,29-,30-,31-,32-,33-,35-/m0/s1. The minimum absolute atomic E-state index is 0.0381. The van der Waals surface area contributed by atoms with E-state index in [1.807, 2.05) is 13.8 Å². The highest BCUT2D eigenvalue weighted by Gasteiger charge is 2.34. The number of carbonyl (C=O) groups excluding carboxylic acids is 9. The molecule has 1 aromatic rings. The van der Waals surface area contributed by atoms with E-state index in [0.29, 0.717) is 24.3 Å². The normalized spacial score (nSPS) is 15.5. The number of nitrogens with one attached hydrogen (secondary N) is 10. The first-order valence-corrected chi connectivity index (χ1v) is 24.9. The van der Waals surface area contributed by atoms with Gasteiger partial charge in [0.25, 0.3) is 0 Å². The van der Waals surface area contributed by atoms with Crippen molar-refractivity contribution in [2.45, 2.75) is 154 Å². The van der Waals surface area contributed by atoms with Gasteiger partial charge in [0, 0.05) is 18.3 Å². The first-order valence-electron chi connectivity index (χ1n) is 23.5. The first kappa shape index (κ1) is 63.1. The molecule has 0 bridgehead atoms. The lowest BCUT2D eigenvalue weighted by molar-refractivity contribution is -0.143. The Labute approximate surface area is 418 Å². The molecule has 27 heteroatoms. The number of aliphatic carboxylic acids is 1. The molecule has 0 spiro atoms. The number of carboxylic acids is 1. The zero-order valence-electron chi connectivity index (χ0n) is 41.8. The third-order valence-corrected chi connectivity index (χ3v) is 11.3. The lowest BCUT2D eigenvalue weighted by Gasteiger charge is -2.26. The number of unbranched alkanes of at least 4 members (excludes halogenated alkanes) is 1. The zero-order chi connectivity index (χ0) is 54.0. The van der Waals surface area contributed by atoms with E-state index in [0.717, 1.165) is 0 Å². The van der Waals surface area contributed by atoms with Crippen LogP contribution >= 0.6 is 11.8 Å². The number of aromatic nitrogens is 2. The van der Waals surface area contributed by atoms with Gasteiger partial charge < -0.3 is 79.6 Å². The Morgan fingerprint density at radius 1 is 0.648 bits per heavy atom. The van der Waals surface area contributed by atoms with Crippen LogP contribution in [-0.2, 0) is 54.4 Å². The summed E-state index contributed by atoms with van der Waals surface area (Å²) in [5, 5.41) is 51.9. The largest absolute Gasteiger partial charge is 0.480 e. The van der Waals surface area contributed by atoms with Gasteiger partial charge in [0.15, 0.2) is 0 Å². The summed E-state index contributed by atoms with van der Waals surface area (Å²) in [5.41, 5.74) is 12.2. The minimum Gasteiger partial charge on any atom is -0.480 e. The third kappa shape index (κ3) is 24.2. The Hall–Kier alpha value is -5.90. The molecule has 0 aliphatic rings. The number of nitrogens with zero attached hydrogens (tertiary/aromatic N) is 1. The van der Waals surface area contributed by atoms with Crippen molar-refractivity contribution in [3.05, 3.63) is 18.2 Å². The van der Waals surface area contributed by atoms with E-state index in [4.69, 9.17) is 11.5 Å². The molecule has 0 saturated heterocycles. The number of carboxylic acid groups (broad SMARTS) is 1. The van der Waals surface area contributed by atoms with E-state index in [1.165, 1.54) is 45.1 Å². The van der Waals surface area contributed by atoms with E-state index >= 15 is 0 Å². The van der Waals surface area contributed by atoms with Gasteiger partial charge in [-0.3, -0.25) is 43.2 Å². The van der Waals surface area contributed by atoms with Crippen LogP contribution in [0, 0.1) is 11.8 Å². The molecule has 10 atom stereocenters. The van der Waals surface area contributed by atoms with E-state index in [-0.39, 0.29) is 50.5 Å². The average Bonchev–Trinajstić information content (AvgIpc) is 3.81. The summed E-state index contributed by atoms with van der Waals surface area (Å²) < 4.78 is 0. The van der Waals surface area contributed by atoms with Crippen molar-refractivity contribution < 1.29 is 63.3 Å². The molecule has 402 valence electrons. The molecule has 0 unspecified atom stereocenters. The molecule has 0 saturated carbocycles. The van der Waals surface area contributed by atoms with Crippen molar-refractivity contribution in [2.24, 2.45) is 23.3 Å². The minimum atomic E-state index is -1.62. The van der Waals surface area contributed by atoms with Crippen LogP contribution in [0.3, 0.4) is 0 Å². The van der Waals surface area contributed by atoms with Gasteiger partial charge in [-0.05, 0) is 89.7 Å². The van der Waals surface area contributed by atoms with Crippen LogP contribution in [0.25, 0.3) is 0 Å². The van der Waals surface area contributed by atoms with E-state index in [9.17, 15) is 63.3 Å². The highest BCUT2D eigenvalue weighted by atomic mass is 32.2. The number of imidazole rings is 1. The maximum atomic E-state index is 13.5. The molecule has 1 rings (SSSR count). The topological polar surface area (TPSA) is 420 Å². The molecule has 71 heavy (non-hydrogen) atoms. The SMILES string of the molecule is CSCC[C@H](NC(=O)CNC(=O)[C@H](CO)NC(=O)[C@H](C)NC(=O)[C@H](CCCCN)NC(=O)[C@@H](NC(=O)[C@@H](N)Cc1cnc[nH]1)[C@@H](C)O)C(=O)N[C@@H](C)C(=O)N[C@@H](CC(C)C)C(=O)N[C@@H](CC(C)C)C(=O)O. The number of hydrogen-bond donors (Lipinski definition) is 15. The molecule has 0 radical (unpaired) electrons. The van der Waals surface area contributed by atoms with E-state index in [2.05, 4.69) is 57.8 Å². The summed E-state index contributed by atoms with van der Waals surface area (Å²) in [6.07, 6.45) is 4.54. The second-order valence-corrected chi connectivity index (χ2v) is 19.0. The van der Waals surface area contributed by atoms with Gasteiger partial charge in [-0.25, -0.2) is 9.78 Å². The molecule has 0 aliphatic heterocycles. The summed E-state index contributed by atoms with van der Waals surface area (Å²) in [7, 11) is 0. The number of H-pyrrole nitrogens is 1. The number of hydrogen-bond acceptors (Lipinski definition) is 16. The van der Waals surface area contributed by atoms with Crippen LogP contribution in [0.5, 0.6) is 0 Å². The van der Waals surface area contributed by atoms with Crippen LogP contribution in [0.4, 0.5) is 0 Å². The molecule has 0 aliphatic carbocycles. The molecule has 1 heterocycles. The molecule has 17 N–H and O–H groups in total. The predicted octanol–water partition coefficient (Wildman–Crippen LogP) is -4.25. The predicted molar refractivity (Wildman–Crippen MR) is 261 cm³/mol. The number of aliphatic hydroxyl groups excluding tert-OH is 2. The fourth-order valence-corrected chi connectivity index (χ4v) is 7.14. The van der Waals surface area contributed by atoms with Crippen LogP contribution in [0.1, 0.15) is 92.7 Å². The van der Waals surface area contributed by atoms with Gasteiger partial charge in [0.2, 0.25) is 53.2 Å². The number of nitrogens with two attached hydrogens (primary N) is 2. The Kier molecular flexibility index (Phi) is 29.2. The van der Waals surface area contributed by atoms with Crippen molar-refractivity contribution >= 4 is 70.9 Å². The second-order valence-electron chi connectivity index (χ2n) is 18.0. The van der Waals surface area contributed by atoms with Crippen molar-refractivity contribution in [3.63, 3.8) is 0 Å². The molecule has 1 aromatic heterocycles. The number of aliphatic hydroxyl groups is 2. The number of rotatable bonds is 34. The Morgan fingerprint density at radius 2 is 1.17 bits per heavy atom. The van der Waals surface area contributed by atoms with Gasteiger partial charge >= 0.3 is 5.97 Å². The number of thioether (sulfide) groups is 1. The highest BCUT2D eigenvalue weighted by Crippen LogP contribution is 2.10. The third-order valence-electron chi connectivity index (χ3n) is 10.6. The molecular formula is C44H77N13O13S. The number of amides is 9. The fourth-order valence-electron chi connectivity index (χ4n) is 6.67. The Bertz CT molecular complexity index is 1910. The molecule has 9 amide bonds. The summed E-state index contributed by atoms with van der Waals surface area (Å²) in [4.78, 5) is 137. The summed E-state index contributed by atoms with van der Waals surface area (Å²) in [6.45, 7) is 9.72. The summed E-state index contributed by atoms with van der Waals surface area (Å²) in [5.74, 6) is -8.49. The average molecular weight is 1030 g/mol. The summed E-state index contributed by atoms with van der Waals surface area (Å²) >= 11 is 1.36. The van der Waals surface area contributed by atoms with Crippen LogP contribution < -0.4 is 59.3 Å². The van der Waals surface area contributed by atoms with Gasteiger partial charge in [-0.1, -0.05) is 27.7 Å². The molecule has 0 aromatic carbocycles.